The molecule has 2 aromatic carbocycles. The summed E-state index contributed by atoms with van der Waals surface area (Å²) < 4.78 is 11.0. The van der Waals surface area contributed by atoms with E-state index >= 15 is 0 Å². The van der Waals surface area contributed by atoms with E-state index in [1.165, 1.54) is 7.11 Å². The summed E-state index contributed by atoms with van der Waals surface area (Å²) in [5.74, 6) is 1.30. The van der Waals surface area contributed by atoms with Crippen molar-refractivity contribution >= 4 is 17.9 Å². The van der Waals surface area contributed by atoms with Crippen LogP contribution in [0.5, 0.6) is 0 Å². The van der Waals surface area contributed by atoms with Crippen LogP contribution in [-0.4, -0.2) is 96.1 Å². The molecule has 4 atom stereocenters. The molecule has 0 bridgehead atoms. The highest BCUT2D eigenvalue weighted by Gasteiger charge is 2.50. The number of alkyl carbamates (subject to hydrolysis) is 1. The van der Waals surface area contributed by atoms with Gasteiger partial charge in [0.2, 0.25) is 11.8 Å². The Morgan fingerprint density at radius 3 is 2.09 bits per heavy atom. The Morgan fingerprint density at radius 2 is 1.53 bits per heavy atom. The average Bonchev–Trinajstić information content (AvgIpc) is 4.06. The number of nitrogens with zero attached hydrogens (tertiary/aromatic N) is 5. The second-order valence-corrected chi connectivity index (χ2v) is 15.2. The lowest BCUT2D eigenvalue weighted by molar-refractivity contribution is -0.135. The van der Waals surface area contributed by atoms with E-state index in [-0.39, 0.29) is 41.8 Å². The van der Waals surface area contributed by atoms with Gasteiger partial charge >= 0.3 is 6.09 Å². The van der Waals surface area contributed by atoms with Crippen molar-refractivity contribution in [3.63, 3.8) is 0 Å². The van der Waals surface area contributed by atoms with Crippen molar-refractivity contribution in [3.8, 4) is 33.6 Å². The minimum atomic E-state index is -0.681. The zero-order chi connectivity index (χ0) is 38.1. The Morgan fingerprint density at radius 1 is 0.891 bits per heavy atom. The van der Waals surface area contributed by atoms with Crippen LogP contribution in [-0.2, 0) is 25.5 Å². The van der Waals surface area contributed by atoms with Crippen LogP contribution < -0.4 is 5.32 Å². The van der Waals surface area contributed by atoms with E-state index in [9.17, 15) is 14.4 Å². The van der Waals surface area contributed by atoms with Crippen LogP contribution in [0, 0.1) is 5.92 Å². The standard InChI is InChI=1S/C41H47N9O5/c1-25(2)36(48-40(53)54-3)39(52)49-16-4-6-33(49)37-43-21-31(46-37)28-11-7-26(8-12-28)27-9-13-29(14-10-27)32-22-44-38(47-32)34-19-41(15-5-17-55-41)23-50(34)35(51)18-30-20-42-24-45-30/h7-14,20-22,24-25,33-34,36H,4-6,15-19,23H2,1-3H3,(H,42,45)(H,43,46)(H,44,47)(H,48,53)/t33-,34-,36-,41-/m0/s1. The maximum atomic E-state index is 13.5. The fourth-order valence-electron chi connectivity index (χ4n) is 8.32. The van der Waals surface area contributed by atoms with Crippen molar-refractivity contribution in [2.45, 2.75) is 76.1 Å². The number of hydrogen-bond acceptors (Lipinski definition) is 8. The van der Waals surface area contributed by atoms with Crippen LogP contribution in [0.4, 0.5) is 4.79 Å². The van der Waals surface area contributed by atoms with Crippen molar-refractivity contribution in [3.05, 3.63) is 90.8 Å². The van der Waals surface area contributed by atoms with Crippen LogP contribution in [0.2, 0.25) is 0 Å². The number of imidazole rings is 3. The number of nitrogens with one attached hydrogen (secondary N) is 4. The fourth-order valence-corrected chi connectivity index (χ4v) is 8.32. The van der Waals surface area contributed by atoms with Crippen LogP contribution >= 0.6 is 0 Å². The predicted molar refractivity (Wildman–Crippen MR) is 204 cm³/mol. The van der Waals surface area contributed by atoms with Crippen LogP contribution in [0.3, 0.4) is 0 Å². The Labute approximate surface area is 319 Å². The SMILES string of the molecule is COC(=O)N[C@H](C(=O)N1CCC[C@H]1c1ncc(-c2ccc(-c3ccc(-c4cnc([C@@H]5C[C@@]6(CCCO6)CN5C(=O)Cc5cnc[nH]5)[nH]4)cc3)cc2)[nH]1)C(C)C. The quantitative estimate of drug-likeness (QED) is 0.135. The third kappa shape index (κ3) is 7.38. The molecule has 0 radical (unpaired) electrons. The zero-order valence-corrected chi connectivity index (χ0v) is 31.4. The topological polar surface area (TPSA) is 174 Å². The maximum absolute atomic E-state index is 13.5. The van der Waals surface area contributed by atoms with E-state index in [1.54, 1.807) is 12.5 Å². The monoisotopic (exact) mass is 745 g/mol. The molecule has 0 unspecified atom stereocenters. The summed E-state index contributed by atoms with van der Waals surface area (Å²) in [6.45, 7) is 5.70. The van der Waals surface area contributed by atoms with Gasteiger partial charge in [-0.1, -0.05) is 62.4 Å². The highest BCUT2D eigenvalue weighted by molar-refractivity contribution is 5.86. The molecule has 0 saturated carbocycles. The molecule has 14 nitrogen and oxygen atoms in total. The molecule has 286 valence electrons. The van der Waals surface area contributed by atoms with Crippen molar-refractivity contribution in [2.75, 3.05) is 26.8 Å². The first-order chi connectivity index (χ1) is 26.7. The first-order valence-corrected chi connectivity index (χ1v) is 19.1. The van der Waals surface area contributed by atoms with Gasteiger partial charge in [-0.25, -0.2) is 19.7 Å². The van der Waals surface area contributed by atoms with E-state index in [0.29, 0.717) is 13.1 Å². The number of methoxy groups -OCH3 is 1. The number of carbonyl (C=O) groups is 3. The van der Waals surface area contributed by atoms with Gasteiger partial charge in [-0.2, -0.15) is 0 Å². The molecule has 0 aliphatic carbocycles. The second kappa shape index (κ2) is 15.2. The van der Waals surface area contributed by atoms with E-state index in [1.807, 2.05) is 36.0 Å². The second-order valence-electron chi connectivity index (χ2n) is 15.2. The number of aromatic nitrogens is 6. The summed E-state index contributed by atoms with van der Waals surface area (Å²) in [7, 11) is 1.29. The zero-order valence-electron chi connectivity index (χ0n) is 31.4. The number of carbonyl (C=O) groups excluding carboxylic acids is 3. The molecule has 3 fully saturated rings. The average molecular weight is 746 g/mol. The van der Waals surface area contributed by atoms with E-state index in [0.717, 1.165) is 89.7 Å². The van der Waals surface area contributed by atoms with Crippen molar-refractivity contribution in [1.29, 1.82) is 0 Å². The Kier molecular flexibility index (Phi) is 9.99. The highest BCUT2D eigenvalue weighted by Crippen LogP contribution is 2.45. The third-order valence-corrected chi connectivity index (χ3v) is 11.3. The molecule has 3 aromatic heterocycles. The lowest BCUT2D eigenvalue weighted by atomic mass is 9.96. The van der Waals surface area contributed by atoms with Crippen molar-refractivity contribution in [1.82, 2.24) is 45.0 Å². The molecule has 3 saturated heterocycles. The van der Waals surface area contributed by atoms with Gasteiger partial charge in [-0.15, -0.1) is 0 Å². The third-order valence-electron chi connectivity index (χ3n) is 11.3. The Balaban J connectivity index is 0.935. The Bertz CT molecular complexity index is 2120. The summed E-state index contributed by atoms with van der Waals surface area (Å²) >= 11 is 0. The smallest absolute Gasteiger partial charge is 0.407 e. The summed E-state index contributed by atoms with van der Waals surface area (Å²) in [5, 5.41) is 2.70. The largest absolute Gasteiger partial charge is 0.453 e. The molecule has 1 spiro atoms. The van der Waals surface area contributed by atoms with E-state index in [4.69, 9.17) is 14.5 Å². The lowest BCUT2D eigenvalue weighted by Crippen LogP contribution is -2.51. The van der Waals surface area contributed by atoms with Gasteiger partial charge in [-0.05, 0) is 53.9 Å². The molecule has 3 aliphatic rings. The normalized spacial score (nSPS) is 21.5. The van der Waals surface area contributed by atoms with E-state index < -0.39 is 12.1 Å². The van der Waals surface area contributed by atoms with Crippen molar-refractivity contribution in [2.24, 2.45) is 5.92 Å². The lowest BCUT2D eigenvalue weighted by Gasteiger charge is -2.30. The number of ether oxygens (including phenoxy) is 2. The Hall–Kier alpha value is -5.76. The molecular formula is C41H47N9O5. The molecule has 55 heavy (non-hydrogen) atoms. The van der Waals surface area contributed by atoms with Gasteiger partial charge in [0.25, 0.3) is 0 Å². The number of hydrogen-bond donors (Lipinski definition) is 4. The van der Waals surface area contributed by atoms with Gasteiger partial charge in [0, 0.05) is 31.5 Å². The van der Waals surface area contributed by atoms with Gasteiger partial charge in [-0.3, -0.25) is 9.59 Å². The summed E-state index contributed by atoms with van der Waals surface area (Å²) in [4.78, 5) is 66.3. The first-order valence-electron chi connectivity index (χ1n) is 19.1. The number of likely N-dealkylation sites (tertiary alicyclic amines) is 2. The maximum Gasteiger partial charge on any atom is 0.407 e. The van der Waals surface area contributed by atoms with Gasteiger partial charge in [0.05, 0.1) is 67.9 Å². The summed E-state index contributed by atoms with van der Waals surface area (Å²) in [6, 6.07) is 15.6. The summed E-state index contributed by atoms with van der Waals surface area (Å²) in [5.41, 5.74) is 6.37. The van der Waals surface area contributed by atoms with Crippen LogP contribution in [0.1, 0.15) is 75.4 Å². The number of aromatic amines is 3. The molecular weight excluding hydrogens is 699 g/mol. The number of H-pyrrole nitrogens is 3. The van der Waals surface area contributed by atoms with Crippen LogP contribution in [0.25, 0.3) is 33.6 Å². The molecule has 3 aliphatic heterocycles. The van der Waals surface area contributed by atoms with Crippen molar-refractivity contribution < 1.29 is 23.9 Å². The molecule has 4 N–H and O–H groups in total. The number of rotatable bonds is 10. The highest BCUT2D eigenvalue weighted by atomic mass is 16.5. The first kappa shape index (κ1) is 36.2. The molecule has 3 amide bonds. The molecule has 8 rings (SSSR count). The van der Waals surface area contributed by atoms with Gasteiger partial charge in [0.15, 0.2) is 0 Å². The fraction of sp³-hybridized carbons (Fsp3) is 0.415. The van der Waals surface area contributed by atoms with Gasteiger partial charge < -0.3 is 39.5 Å². The number of benzene rings is 2. The summed E-state index contributed by atoms with van der Waals surface area (Å²) in [6.07, 6.45) is 10.9. The molecule has 6 heterocycles. The van der Waals surface area contributed by atoms with Gasteiger partial charge in [0.1, 0.15) is 17.7 Å². The molecule has 5 aromatic rings. The minimum Gasteiger partial charge on any atom is -0.453 e. The molecule has 14 heteroatoms. The minimum absolute atomic E-state index is 0.0292. The number of amides is 3. The van der Waals surface area contributed by atoms with Crippen LogP contribution in [0.15, 0.2) is 73.4 Å². The predicted octanol–water partition coefficient (Wildman–Crippen LogP) is 5.97. The van der Waals surface area contributed by atoms with E-state index in [2.05, 4.69) is 78.8 Å².